The van der Waals surface area contributed by atoms with Gasteiger partial charge in [-0.25, -0.2) is 0 Å². The molecule has 1 aliphatic heterocycles. The lowest BCUT2D eigenvalue weighted by Crippen LogP contribution is -2.18. The summed E-state index contributed by atoms with van der Waals surface area (Å²) < 4.78 is 11.1. The highest BCUT2D eigenvalue weighted by atomic mass is 16.5. The number of nitrogens with zero attached hydrogens (tertiary/aromatic N) is 2. The molecule has 3 aromatic rings. The zero-order valence-corrected chi connectivity index (χ0v) is 18.1. The highest BCUT2D eigenvalue weighted by molar-refractivity contribution is 6.01. The number of hydrogen-bond donors (Lipinski definition) is 0. The first-order valence-corrected chi connectivity index (χ1v) is 10.8. The molecule has 0 fully saturated rings. The fourth-order valence-corrected chi connectivity index (χ4v) is 3.70. The van der Waals surface area contributed by atoms with Gasteiger partial charge in [-0.05, 0) is 67.4 Å². The van der Waals surface area contributed by atoms with Crippen LogP contribution in [0, 0.1) is 0 Å². The van der Waals surface area contributed by atoms with E-state index < -0.39 is 0 Å². The van der Waals surface area contributed by atoms with Gasteiger partial charge < -0.3 is 9.47 Å². The van der Waals surface area contributed by atoms with Crippen molar-refractivity contribution in [2.24, 2.45) is 5.10 Å². The lowest BCUT2D eigenvalue weighted by Gasteiger charge is -2.24. The summed E-state index contributed by atoms with van der Waals surface area (Å²) in [4.78, 5) is 0. The number of anilines is 1. The fourth-order valence-electron chi connectivity index (χ4n) is 3.70. The van der Waals surface area contributed by atoms with Gasteiger partial charge in [-0.15, -0.1) is 0 Å². The van der Waals surface area contributed by atoms with Gasteiger partial charge in [-0.2, -0.15) is 5.10 Å². The highest BCUT2D eigenvalue weighted by Gasteiger charge is 2.28. The van der Waals surface area contributed by atoms with Crippen molar-refractivity contribution in [2.45, 2.75) is 26.3 Å². The summed E-state index contributed by atoms with van der Waals surface area (Å²) in [5, 5.41) is 7.06. The molecule has 0 bridgehead atoms. The predicted molar refractivity (Wildman–Crippen MR) is 128 cm³/mol. The van der Waals surface area contributed by atoms with Crippen molar-refractivity contribution < 1.29 is 9.47 Å². The van der Waals surface area contributed by atoms with E-state index in [1.807, 2.05) is 56.3 Å². The number of ether oxygens (including phenoxy) is 2. The van der Waals surface area contributed by atoms with Crippen LogP contribution in [0.4, 0.5) is 5.69 Å². The molecule has 1 atom stereocenters. The summed E-state index contributed by atoms with van der Waals surface area (Å²) in [6, 6.07) is 27.0. The molecule has 3 aromatic carbocycles. The Morgan fingerprint density at radius 2 is 1.42 bits per heavy atom. The second kappa shape index (κ2) is 9.98. The first-order valence-electron chi connectivity index (χ1n) is 10.8. The molecule has 0 radical (unpaired) electrons. The second-order valence-corrected chi connectivity index (χ2v) is 7.33. The van der Waals surface area contributed by atoms with Gasteiger partial charge in [0.1, 0.15) is 11.5 Å². The lowest BCUT2D eigenvalue weighted by molar-refractivity contribution is 0.340. The third-order valence-corrected chi connectivity index (χ3v) is 5.19. The molecule has 4 heteroatoms. The van der Waals surface area contributed by atoms with Crippen LogP contribution in [0.3, 0.4) is 0 Å². The molecule has 0 saturated carbocycles. The summed E-state index contributed by atoms with van der Waals surface area (Å²) in [5.41, 5.74) is 4.49. The number of allylic oxidation sites excluding steroid dienone is 1. The highest BCUT2D eigenvalue weighted by Crippen LogP contribution is 2.36. The Balaban J connectivity index is 1.56. The first-order chi connectivity index (χ1) is 15.3. The second-order valence-electron chi connectivity index (χ2n) is 7.33. The number of benzene rings is 3. The van der Waals surface area contributed by atoms with Crippen molar-refractivity contribution in [2.75, 3.05) is 18.2 Å². The molecule has 1 aliphatic rings. The Morgan fingerprint density at radius 3 is 2.03 bits per heavy atom. The maximum atomic E-state index is 5.60. The molecule has 0 saturated heterocycles. The third-order valence-electron chi connectivity index (χ3n) is 5.19. The van der Waals surface area contributed by atoms with Crippen LogP contribution in [0.25, 0.3) is 6.08 Å². The van der Waals surface area contributed by atoms with E-state index in [0.717, 1.165) is 34.9 Å². The number of hydrazone groups is 1. The van der Waals surface area contributed by atoms with E-state index in [1.165, 1.54) is 5.56 Å². The quantitative estimate of drug-likeness (QED) is 0.423. The Kier molecular flexibility index (Phi) is 6.68. The van der Waals surface area contributed by atoms with Gasteiger partial charge >= 0.3 is 0 Å². The first kappa shape index (κ1) is 20.7. The lowest BCUT2D eigenvalue weighted by atomic mass is 10.0. The van der Waals surface area contributed by atoms with Gasteiger partial charge in [0, 0.05) is 6.42 Å². The minimum Gasteiger partial charge on any atom is -0.494 e. The van der Waals surface area contributed by atoms with E-state index in [1.54, 1.807) is 0 Å². The summed E-state index contributed by atoms with van der Waals surface area (Å²) in [6.07, 6.45) is 5.06. The van der Waals surface area contributed by atoms with Crippen molar-refractivity contribution in [3.8, 4) is 11.5 Å². The van der Waals surface area contributed by atoms with E-state index in [2.05, 4.69) is 53.6 Å². The van der Waals surface area contributed by atoms with Crippen molar-refractivity contribution in [3.63, 3.8) is 0 Å². The summed E-state index contributed by atoms with van der Waals surface area (Å²) in [6.45, 7) is 5.33. The largest absolute Gasteiger partial charge is 0.494 e. The van der Waals surface area contributed by atoms with E-state index in [-0.39, 0.29) is 6.04 Å². The molecule has 0 N–H and O–H groups in total. The molecular weight excluding hydrogens is 384 g/mol. The maximum absolute atomic E-state index is 5.60. The Labute approximate surface area is 184 Å². The number of rotatable bonds is 8. The topological polar surface area (TPSA) is 34.1 Å². The van der Waals surface area contributed by atoms with Gasteiger partial charge in [0.2, 0.25) is 0 Å². The Morgan fingerprint density at radius 1 is 0.806 bits per heavy atom. The van der Waals surface area contributed by atoms with Crippen molar-refractivity contribution in [1.82, 2.24) is 0 Å². The standard InChI is InChI=1S/C27H28N2O2/c1-3-30-25-16-11-21(12-17-25)10-15-23-20-27(22-13-18-26(19-14-22)31-4-2)29(28-23)24-8-6-5-7-9-24/h5-19,27H,3-4,20H2,1-2H3/b15-10+/t27-/m0/s1. The van der Waals surface area contributed by atoms with Gasteiger partial charge in [-0.3, -0.25) is 5.01 Å². The van der Waals surface area contributed by atoms with Crippen LogP contribution in [0.15, 0.2) is 90.0 Å². The minimum absolute atomic E-state index is 0.151. The van der Waals surface area contributed by atoms with Gasteiger partial charge in [-0.1, -0.05) is 48.5 Å². The number of para-hydroxylation sites is 1. The van der Waals surface area contributed by atoms with Gasteiger partial charge in [0.05, 0.1) is 30.7 Å². The summed E-state index contributed by atoms with van der Waals surface area (Å²) >= 11 is 0. The van der Waals surface area contributed by atoms with Crippen LogP contribution in [0.1, 0.15) is 37.4 Å². The summed E-state index contributed by atoms with van der Waals surface area (Å²) in [5.74, 6) is 1.79. The Hall–Kier alpha value is -3.53. The molecule has 0 aliphatic carbocycles. The van der Waals surface area contributed by atoms with Gasteiger partial charge in [0.15, 0.2) is 0 Å². The zero-order valence-electron chi connectivity index (χ0n) is 18.1. The molecule has 31 heavy (non-hydrogen) atoms. The average Bonchev–Trinajstić information content (AvgIpc) is 3.24. The van der Waals surface area contributed by atoms with Crippen molar-refractivity contribution in [3.05, 3.63) is 96.1 Å². The molecule has 0 amide bonds. The maximum Gasteiger partial charge on any atom is 0.119 e. The van der Waals surface area contributed by atoms with Crippen LogP contribution >= 0.6 is 0 Å². The van der Waals surface area contributed by atoms with Crippen LogP contribution in [-0.4, -0.2) is 18.9 Å². The molecule has 1 heterocycles. The molecule has 158 valence electrons. The zero-order chi connectivity index (χ0) is 21.5. The molecule has 0 aromatic heterocycles. The van der Waals surface area contributed by atoms with Crippen LogP contribution in [0.2, 0.25) is 0 Å². The molecular formula is C27H28N2O2. The van der Waals surface area contributed by atoms with E-state index in [4.69, 9.17) is 14.6 Å². The fraction of sp³-hybridized carbons (Fsp3) is 0.222. The minimum atomic E-state index is 0.151. The smallest absolute Gasteiger partial charge is 0.119 e. The summed E-state index contributed by atoms with van der Waals surface area (Å²) in [7, 11) is 0. The van der Waals surface area contributed by atoms with E-state index in [9.17, 15) is 0 Å². The SMILES string of the molecule is CCOc1ccc(/C=C/C2=NN(c3ccccc3)[C@H](c3ccc(OCC)cc3)C2)cc1. The van der Waals surface area contributed by atoms with Crippen molar-refractivity contribution in [1.29, 1.82) is 0 Å². The van der Waals surface area contributed by atoms with Crippen LogP contribution in [0.5, 0.6) is 11.5 Å². The molecule has 4 nitrogen and oxygen atoms in total. The molecule has 0 spiro atoms. The van der Waals surface area contributed by atoms with Crippen molar-refractivity contribution >= 4 is 17.5 Å². The number of hydrogen-bond acceptors (Lipinski definition) is 4. The Bertz CT molecular complexity index is 1030. The monoisotopic (exact) mass is 412 g/mol. The van der Waals surface area contributed by atoms with Crippen LogP contribution < -0.4 is 14.5 Å². The van der Waals surface area contributed by atoms with E-state index >= 15 is 0 Å². The average molecular weight is 413 g/mol. The molecule has 0 unspecified atom stereocenters. The molecule has 4 rings (SSSR count). The van der Waals surface area contributed by atoms with E-state index in [0.29, 0.717) is 13.2 Å². The predicted octanol–water partition coefficient (Wildman–Crippen LogP) is 6.50. The van der Waals surface area contributed by atoms with Crippen LogP contribution in [-0.2, 0) is 0 Å². The van der Waals surface area contributed by atoms with Gasteiger partial charge in [0.25, 0.3) is 0 Å². The third kappa shape index (κ3) is 5.15. The normalized spacial score (nSPS) is 15.9.